The van der Waals surface area contributed by atoms with Gasteiger partial charge in [-0.05, 0) is 50.3 Å². The molecule has 92 valence electrons. The van der Waals surface area contributed by atoms with Crippen molar-refractivity contribution >= 4 is 11.6 Å². The molecule has 0 radical (unpaired) electrons. The summed E-state index contributed by atoms with van der Waals surface area (Å²) in [7, 11) is 0. The first-order valence-electron chi connectivity index (χ1n) is 6.39. The van der Waals surface area contributed by atoms with E-state index in [0.717, 1.165) is 11.4 Å². The van der Waals surface area contributed by atoms with E-state index in [0.29, 0.717) is 12.1 Å². The predicted molar refractivity (Wildman–Crippen MR) is 74.5 cm³/mol. The van der Waals surface area contributed by atoms with Gasteiger partial charge in [0.1, 0.15) is 0 Å². The molecule has 0 fully saturated rings. The van der Waals surface area contributed by atoms with E-state index >= 15 is 0 Å². The average Bonchev–Trinajstić information content (AvgIpc) is 2.33. The molecule has 0 bridgehead atoms. The van der Waals surface area contributed by atoms with Crippen LogP contribution < -0.4 is 5.32 Å². The highest BCUT2D eigenvalue weighted by Gasteiger charge is 2.12. The minimum Gasteiger partial charge on any atom is -0.311 e. The highest BCUT2D eigenvalue weighted by molar-refractivity contribution is 6.30. The summed E-state index contributed by atoms with van der Waals surface area (Å²) in [4.78, 5) is 0. The van der Waals surface area contributed by atoms with Crippen LogP contribution in [0.3, 0.4) is 0 Å². The van der Waals surface area contributed by atoms with Gasteiger partial charge >= 0.3 is 0 Å². The Labute approximate surface area is 109 Å². The number of allylic oxidation sites excluding steroid dienone is 1. The summed E-state index contributed by atoms with van der Waals surface area (Å²) in [6.07, 6.45) is 9.29. The summed E-state index contributed by atoms with van der Waals surface area (Å²) >= 11 is 5.88. The molecule has 0 aromatic heterocycles. The van der Waals surface area contributed by atoms with Crippen molar-refractivity contribution in [3.05, 3.63) is 47.0 Å². The maximum absolute atomic E-state index is 5.88. The van der Waals surface area contributed by atoms with Gasteiger partial charge in [0.05, 0.1) is 0 Å². The second-order valence-electron chi connectivity index (χ2n) is 4.88. The Balaban J connectivity index is 1.82. The maximum Gasteiger partial charge on any atom is 0.0406 e. The van der Waals surface area contributed by atoms with Crippen LogP contribution in [-0.4, -0.2) is 12.1 Å². The Morgan fingerprint density at radius 1 is 1.29 bits per heavy atom. The molecule has 1 N–H and O–H groups in total. The lowest BCUT2D eigenvalue weighted by molar-refractivity contribution is 0.416. The minimum absolute atomic E-state index is 0.521. The molecule has 1 aliphatic carbocycles. The largest absolute Gasteiger partial charge is 0.311 e. The molecule has 0 aliphatic heterocycles. The van der Waals surface area contributed by atoms with E-state index in [1.165, 1.54) is 24.8 Å². The standard InChI is InChI=1S/C15H20ClN/c1-12(17-15-5-3-2-4-6-15)11-13-7-9-14(16)10-8-13/h2-3,7-10,12,15,17H,4-6,11H2,1H3. The summed E-state index contributed by atoms with van der Waals surface area (Å²) < 4.78 is 0. The van der Waals surface area contributed by atoms with Gasteiger partial charge in [-0.3, -0.25) is 0 Å². The lowest BCUT2D eigenvalue weighted by atomic mass is 9.99. The van der Waals surface area contributed by atoms with E-state index in [1.54, 1.807) is 0 Å². The first kappa shape index (κ1) is 12.7. The highest BCUT2D eigenvalue weighted by Crippen LogP contribution is 2.14. The zero-order chi connectivity index (χ0) is 12.1. The van der Waals surface area contributed by atoms with Crippen LogP contribution in [0.2, 0.25) is 5.02 Å². The van der Waals surface area contributed by atoms with Crippen LogP contribution in [0.1, 0.15) is 31.7 Å². The molecule has 0 spiro atoms. The quantitative estimate of drug-likeness (QED) is 0.797. The average molecular weight is 250 g/mol. The van der Waals surface area contributed by atoms with E-state index in [2.05, 4.69) is 36.5 Å². The van der Waals surface area contributed by atoms with E-state index in [9.17, 15) is 0 Å². The fourth-order valence-electron chi connectivity index (χ4n) is 2.38. The number of rotatable bonds is 4. The lowest BCUT2D eigenvalue weighted by Crippen LogP contribution is -2.38. The summed E-state index contributed by atoms with van der Waals surface area (Å²) in [6.45, 7) is 2.26. The fourth-order valence-corrected chi connectivity index (χ4v) is 2.51. The van der Waals surface area contributed by atoms with Crippen LogP contribution in [0.5, 0.6) is 0 Å². The molecule has 1 nitrogen and oxygen atoms in total. The van der Waals surface area contributed by atoms with Gasteiger partial charge in [0.15, 0.2) is 0 Å². The zero-order valence-corrected chi connectivity index (χ0v) is 11.1. The molecule has 2 rings (SSSR count). The van der Waals surface area contributed by atoms with E-state index < -0.39 is 0 Å². The molecule has 2 heteroatoms. The number of hydrogen-bond donors (Lipinski definition) is 1. The summed E-state index contributed by atoms with van der Waals surface area (Å²) in [5.41, 5.74) is 1.35. The van der Waals surface area contributed by atoms with E-state index in [4.69, 9.17) is 11.6 Å². The molecule has 1 aromatic rings. The highest BCUT2D eigenvalue weighted by atomic mass is 35.5. The summed E-state index contributed by atoms with van der Waals surface area (Å²) in [6, 6.07) is 9.33. The molecule has 0 heterocycles. The second kappa shape index (κ2) is 6.23. The Bertz CT molecular complexity index is 369. The molecular weight excluding hydrogens is 230 g/mol. The lowest BCUT2D eigenvalue weighted by Gasteiger charge is -2.24. The number of nitrogens with one attached hydrogen (secondary N) is 1. The van der Waals surface area contributed by atoms with Gasteiger partial charge in [0.2, 0.25) is 0 Å². The topological polar surface area (TPSA) is 12.0 Å². The number of benzene rings is 1. The molecule has 17 heavy (non-hydrogen) atoms. The minimum atomic E-state index is 0.521. The summed E-state index contributed by atoms with van der Waals surface area (Å²) in [5, 5.41) is 4.51. The van der Waals surface area contributed by atoms with E-state index in [-0.39, 0.29) is 0 Å². The molecule has 0 saturated carbocycles. The SMILES string of the molecule is CC(Cc1ccc(Cl)cc1)NC1CC=CCC1. The second-order valence-corrected chi connectivity index (χ2v) is 5.32. The van der Waals surface area contributed by atoms with Crippen LogP contribution in [0.25, 0.3) is 0 Å². The Hall–Kier alpha value is -0.790. The van der Waals surface area contributed by atoms with Gasteiger partial charge in [0, 0.05) is 17.1 Å². The third-order valence-electron chi connectivity index (χ3n) is 3.24. The van der Waals surface area contributed by atoms with Gasteiger partial charge in [-0.1, -0.05) is 35.9 Å². The Morgan fingerprint density at radius 3 is 2.71 bits per heavy atom. The maximum atomic E-state index is 5.88. The van der Waals surface area contributed by atoms with Crippen LogP contribution in [0.4, 0.5) is 0 Å². The van der Waals surface area contributed by atoms with E-state index in [1.807, 2.05) is 12.1 Å². The zero-order valence-electron chi connectivity index (χ0n) is 10.3. The molecule has 2 atom stereocenters. The third-order valence-corrected chi connectivity index (χ3v) is 3.50. The molecule has 0 amide bonds. The van der Waals surface area contributed by atoms with Crippen LogP contribution >= 0.6 is 11.6 Å². The normalized spacial score (nSPS) is 21.4. The first-order chi connectivity index (χ1) is 8.24. The molecule has 1 aliphatic rings. The van der Waals surface area contributed by atoms with Crippen LogP contribution in [0.15, 0.2) is 36.4 Å². The van der Waals surface area contributed by atoms with Gasteiger partial charge in [-0.2, -0.15) is 0 Å². The van der Waals surface area contributed by atoms with Crippen LogP contribution in [0, 0.1) is 0 Å². The van der Waals surface area contributed by atoms with Gasteiger partial charge in [-0.15, -0.1) is 0 Å². The smallest absolute Gasteiger partial charge is 0.0406 e. The van der Waals surface area contributed by atoms with Crippen molar-refractivity contribution in [1.29, 1.82) is 0 Å². The van der Waals surface area contributed by atoms with Crippen molar-refractivity contribution in [2.45, 2.75) is 44.7 Å². The van der Waals surface area contributed by atoms with Crippen molar-refractivity contribution < 1.29 is 0 Å². The third kappa shape index (κ3) is 4.18. The fraction of sp³-hybridized carbons (Fsp3) is 0.467. The molecule has 2 unspecified atom stereocenters. The summed E-state index contributed by atoms with van der Waals surface area (Å²) in [5.74, 6) is 0. The van der Waals surface area contributed by atoms with Gasteiger partial charge in [-0.25, -0.2) is 0 Å². The Morgan fingerprint density at radius 2 is 2.06 bits per heavy atom. The van der Waals surface area contributed by atoms with Crippen molar-refractivity contribution in [2.75, 3.05) is 0 Å². The molecular formula is C15H20ClN. The van der Waals surface area contributed by atoms with Crippen molar-refractivity contribution in [3.8, 4) is 0 Å². The Kier molecular flexibility index (Phi) is 4.64. The van der Waals surface area contributed by atoms with Gasteiger partial charge in [0.25, 0.3) is 0 Å². The molecule has 1 aromatic carbocycles. The number of halogens is 1. The molecule has 0 saturated heterocycles. The van der Waals surface area contributed by atoms with Crippen LogP contribution in [-0.2, 0) is 6.42 Å². The first-order valence-corrected chi connectivity index (χ1v) is 6.77. The van der Waals surface area contributed by atoms with Gasteiger partial charge < -0.3 is 5.32 Å². The number of hydrogen-bond acceptors (Lipinski definition) is 1. The van der Waals surface area contributed by atoms with Crippen molar-refractivity contribution in [1.82, 2.24) is 5.32 Å². The monoisotopic (exact) mass is 249 g/mol. The van der Waals surface area contributed by atoms with Crippen molar-refractivity contribution in [3.63, 3.8) is 0 Å². The van der Waals surface area contributed by atoms with Crippen molar-refractivity contribution in [2.24, 2.45) is 0 Å². The predicted octanol–water partition coefficient (Wildman–Crippen LogP) is 3.97.